The Morgan fingerprint density at radius 2 is 2.31 bits per heavy atom. The van der Waals surface area contributed by atoms with Crippen LogP contribution in [0, 0.1) is 13.0 Å². The van der Waals surface area contributed by atoms with E-state index in [2.05, 4.69) is 18.7 Å². The van der Waals surface area contributed by atoms with Crippen molar-refractivity contribution in [3.63, 3.8) is 0 Å². The first-order valence-electron chi connectivity index (χ1n) is 5.40. The van der Waals surface area contributed by atoms with E-state index in [0.29, 0.717) is 12.2 Å². The molecule has 85 valence electrons. The molecule has 0 heterocycles. The Balaban J connectivity index is 2.29. The highest BCUT2D eigenvalue weighted by atomic mass is 16.5. The third-order valence-electron chi connectivity index (χ3n) is 2.35. The number of hydrogen-bond acceptors (Lipinski definition) is 2. The molecular formula is C14H17O2. The summed E-state index contributed by atoms with van der Waals surface area (Å²) in [6, 6.07) is 9.10. The van der Waals surface area contributed by atoms with Crippen molar-refractivity contribution in [3.8, 4) is 0 Å². The molecule has 0 aliphatic heterocycles. The van der Waals surface area contributed by atoms with Crippen LogP contribution < -0.4 is 0 Å². The minimum absolute atomic E-state index is 0.309. The van der Waals surface area contributed by atoms with E-state index < -0.39 is 0 Å². The van der Waals surface area contributed by atoms with Gasteiger partial charge in [-0.15, -0.1) is 0 Å². The van der Waals surface area contributed by atoms with Crippen LogP contribution in [0.15, 0.2) is 30.4 Å². The summed E-state index contributed by atoms with van der Waals surface area (Å²) in [5.74, 6) is -0.309. The Morgan fingerprint density at radius 3 is 2.94 bits per heavy atom. The number of rotatable bonds is 5. The van der Waals surface area contributed by atoms with Gasteiger partial charge in [0.15, 0.2) is 0 Å². The van der Waals surface area contributed by atoms with Crippen molar-refractivity contribution >= 4 is 5.97 Å². The highest BCUT2D eigenvalue weighted by molar-refractivity contribution is 5.86. The standard InChI is InChI=1S/C14H17O2/c1-11(2)14(15)16-10-6-9-13-8-5-4-7-12(13)3/h4-5,8H,1,6,9-10H2,2-3H3. The van der Waals surface area contributed by atoms with Gasteiger partial charge in [-0.3, -0.25) is 0 Å². The van der Waals surface area contributed by atoms with Crippen molar-refractivity contribution in [3.05, 3.63) is 47.5 Å². The molecule has 0 aliphatic carbocycles. The van der Waals surface area contributed by atoms with Crippen molar-refractivity contribution < 1.29 is 9.53 Å². The summed E-state index contributed by atoms with van der Waals surface area (Å²) < 4.78 is 5.02. The summed E-state index contributed by atoms with van der Waals surface area (Å²) in [7, 11) is 0. The number of aryl methyl sites for hydroxylation is 2. The molecule has 1 aromatic carbocycles. The zero-order valence-corrected chi connectivity index (χ0v) is 9.88. The Labute approximate surface area is 96.9 Å². The van der Waals surface area contributed by atoms with E-state index in [1.54, 1.807) is 6.92 Å². The van der Waals surface area contributed by atoms with Crippen LogP contribution in [0.2, 0.25) is 0 Å². The molecule has 1 aromatic rings. The highest BCUT2D eigenvalue weighted by Gasteiger charge is 2.02. The predicted molar refractivity (Wildman–Crippen MR) is 64.1 cm³/mol. The molecule has 16 heavy (non-hydrogen) atoms. The highest BCUT2D eigenvalue weighted by Crippen LogP contribution is 2.09. The minimum atomic E-state index is -0.309. The molecule has 0 aliphatic rings. The largest absolute Gasteiger partial charge is 0.462 e. The summed E-state index contributed by atoms with van der Waals surface area (Å²) in [6.07, 6.45) is 1.74. The van der Waals surface area contributed by atoms with E-state index >= 15 is 0 Å². The minimum Gasteiger partial charge on any atom is -0.462 e. The second-order valence-electron chi connectivity index (χ2n) is 3.84. The second kappa shape index (κ2) is 6.11. The van der Waals surface area contributed by atoms with Crippen LogP contribution in [-0.4, -0.2) is 12.6 Å². The Bertz CT molecular complexity index is 380. The summed E-state index contributed by atoms with van der Waals surface area (Å²) in [4.78, 5) is 11.1. The first kappa shape index (κ1) is 12.5. The van der Waals surface area contributed by atoms with Crippen molar-refractivity contribution in [2.45, 2.75) is 26.7 Å². The fourth-order valence-electron chi connectivity index (χ4n) is 1.38. The molecule has 0 atom stereocenters. The topological polar surface area (TPSA) is 26.3 Å². The van der Waals surface area contributed by atoms with E-state index in [1.807, 2.05) is 19.1 Å². The fraction of sp³-hybridized carbons (Fsp3) is 0.357. The average molecular weight is 217 g/mol. The van der Waals surface area contributed by atoms with E-state index in [9.17, 15) is 4.79 Å². The summed E-state index contributed by atoms with van der Waals surface area (Å²) in [5, 5.41) is 0. The predicted octanol–water partition coefficient (Wildman–Crippen LogP) is 2.85. The lowest BCUT2D eigenvalue weighted by Crippen LogP contribution is -2.07. The smallest absolute Gasteiger partial charge is 0.333 e. The van der Waals surface area contributed by atoms with Gasteiger partial charge in [-0.1, -0.05) is 24.8 Å². The van der Waals surface area contributed by atoms with Crippen molar-refractivity contribution in [2.75, 3.05) is 6.61 Å². The van der Waals surface area contributed by atoms with Crippen LogP contribution >= 0.6 is 0 Å². The quantitative estimate of drug-likeness (QED) is 0.430. The van der Waals surface area contributed by atoms with Crippen LogP contribution in [0.3, 0.4) is 0 Å². The fourth-order valence-corrected chi connectivity index (χ4v) is 1.38. The molecule has 0 saturated heterocycles. The van der Waals surface area contributed by atoms with Crippen LogP contribution in [-0.2, 0) is 16.0 Å². The van der Waals surface area contributed by atoms with E-state index in [-0.39, 0.29) is 5.97 Å². The first-order valence-corrected chi connectivity index (χ1v) is 5.40. The molecule has 0 bridgehead atoms. The summed E-state index contributed by atoms with van der Waals surface area (Å²) >= 11 is 0. The monoisotopic (exact) mass is 217 g/mol. The molecule has 0 saturated carbocycles. The Hall–Kier alpha value is -1.57. The number of carbonyl (C=O) groups excluding carboxylic acids is 1. The van der Waals surface area contributed by atoms with Crippen LogP contribution in [0.5, 0.6) is 0 Å². The van der Waals surface area contributed by atoms with Gasteiger partial charge in [0.25, 0.3) is 0 Å². The normalized spacial score (nSPS) is 9.88. The summed E-state index contributed by atoms with van der Waals surface area (Å²) in [6.45, 7) is 7.66. The number of esters is 1. The van der Waals surface area contributed by atoms with E-state index in [1.165, 1.54) is 5.56 Å². The Morgan fingerprint density at radius 1 is 1.56 bits per heavy atom. The lowest BCUT2D eigenvalue weighted by molar-refractivity contribution is -0.139. The number of hydrogen-bond donors (Lipinski definition) is 0. The van der Waals surface area contributed by atoms with Crippen molar-refractivity contribution in [1.82, 2.24) is 0 Å². The molecule has 1 radical (unpaired) electrons. The zero-order valence-electron chi connectivity index (χ0n) is 9.88. The first-order chi connectivity index (χ1) is 7.61. The van der Waals surface area contributed by atoms with Crippen molar-refractivity contribution in [1.29, 1.82) is 0 Å². The van der Waals surface area contributed by atoms with E-state index in [0.717, 1.165) is 18.4 Å². The molecule has 1 rings (SSSR count). The van der Waals surface area contributed by atoms with Crippen LogP contribution in [0.25, 0.3) is 0 Å². The molecule has 0 spiro atoms. The molecule has 2 heteroatoms. The lowest BCUT2D eigenvalue weighted by Gasteiger charge is -2.06. The molecule has 0 fully saturated rings. The molecule has 0 N–H and O–H groups in total. The number of carbonyl (C=O) groups is 1. The maximum absolute atomic E-state index is 11.1. The molecule has 0 aromatic heterocycles. The van der Waals surface area contributed by atoms with Gasteiger partial charge in [0.05, 0.1) is 6.61 Å². The Kier molecular flexibility index (Phi) is 4.77. The van der Waals surface area contributed by atoms with Gasteiger partial charge in [-0.25, -0.2) is 4.79 Å². The maximum atomic E-state index is 11.1. The third-order valence-corrected chi connectivity index (χ3v) is 2.35. The van der Waals surface area contributed by atoms with Crippen LogP contribution in [0.4, 0.5) is 0 Å². The van der Waals surface area contributed by atoms with Gasteiger partial charge in [0, 0.05) is 5.57 Å². The van der Waals surface area contributed by atoms with Crippen LogP contribution in [0.1, 0.15) is 24.5 Å². The van der Waals surface area contributed by atoms with Gasteiger partial charge in [0.2, 0.25) is 0 Å². The molecule has 0 amide bonds. The average Bonchev–Trinajstić information content (AvgIpc) is 2.26. The number of ether oxygens (including phenoxy) is 1. The lowest BCUT2D eigenvalue weighted by atomic mass is 10.0. The SMILES string of the molecule is C=C(C)C(=O)OCCCc1ccc[c]c1C. The second-order valence-corrected chi connectivity index (χ2v) is 3.84. The van der Waals surface area contributed by atoms with Crippen molar-refractivity contribution in [2.24, 2.45) is 0 Å². The molecule has 0 unspecified atom stereocenters. The maximum Gasteiger partial charge on any atom is 0.333 e. The third kappa shape index (κ3) is 3.89. The van der Waals surface area contributed by atoms with Gasteiger partial charge in [0.1, 0.15) is 0 Å². The number of benzene rings is 1. The zero-order chi connectivity index (χ0) is 12.0. The molecule has 2 nitrogen and oxygen atoms in total. The van der Waals surface area contributed by atoms with E-state index in [4.69, 9.17) is 4.74 Å². The summed E-state index contributed by atoms with van der Waals surface area (Å²) in [5.41, 5.74) is 2.87. The van der Waals surface area contributed by atoms with Gasteiger partial charge in [-0.2, -0.15) is 0 Å². The van der Waals surface area contributed by atoms with Gasteiger partial charge < -0.3 is 4.74 Å². The molecular weight excluding hydrogens is 200 g/mol. The van der Waals surface area contributed by atoms with Gasteiger partial charge >= 0.3 is 5.97 Å². The van der Waals surface area contributed by atoms with Gasteiger partial charge in [-0.05, 0) is 43.9 Å².